The summed E-state index contributed by atoms with van der Waals surface area (Å²) in [5.74, 6) is 2.47. The SMILES string of the molecule is CCCCCCCCCCC(C)C1=NC(C)(C)C(C(C)C)N1. The first kappa shape index (κ1) is 19.5. The summed E-state index contributed by atoms with van der Waals surface area (Å²) in [4.78, 5) is 4.98. The van der Waals surface area contributed by atoms with Crippen molar-refractivity contribution in [3.05, 3.63) is 0 Å². The van der Waals surface area contributed by atoms with Crippen LogP contribution in [0.1, 0.15) is 99.3 Å². The standard InChI is InChI=1S/C20H40N2/c1-7-8-9-10-11-12-13-14-15-17(4)19-21-18(16(2)3)20(5,6)22-19/h16-18H,7-15H2,1-6H3,(H,21,22). The van der Waals surface area contributed by atoms with Crippen LogP contribution in [0.25, 0.3) is 0 Å². The highest BCUT2D eigenvalue weighted by Gasteiger charge is 2.38. The highest BCUT2D eigenvalue weighted by molar-refractivity contribution is 5.87. The molecule has 1 aliphatic rings. The second-order valence-electron chi connectivity index (χ2n) is 8.18. The maximum absolute atomic E-state index is 4.98. The summed E-state index contributed by atoms with van der Waals surface area (Å²) in [5, 5.41) is 3.71. The summed E-state index contributed by atoms with van der Waals surface area (Å²) in [6.45, 7) is 13.7. The van der Waals surface area contributed by atoms with Gasteiger partial charge in [-0.15, -0.1) is 0 Å². The van der Waals surface area contributed by atoms with E-state index in [0.29, 0.717) is 17.9 Å². The van der Waals surface area contributed by atoms with Crippen LogP contribution in [0.2, 0.25) is 0 Å². The molecule has 2 nitrogen and oxygen atoms in total. The zero-order valence-corrected chi connectivity index (χ0v) is 16.0. The van der Waals surface area contributed by atoms with E-state index in [0.717, 1.165) is 0 Å². The molecule has 1 N–H and O–H groups in total. The van der Waals surface area contributed by atoms with Gasteiger partial charge in [-0.1, -0.05) is 79.1 Å². The van der Waals surface area contributed by atoms with Gasteiger partial charge in [-0.2, -0.15) is 0 Å². The van der Waals surface area contributed by atoms with Crippen molar-refractivity contribution in [1.82, 2.24) is 5.32 Å². The van der Waals surface area contributed by atoms with Crippen LogP contribution < -0.4 is 5.32 Å². The number of hydrogen-bond acceptors (Lipinski definition) is 2. The Morgan fingerprint density at radius 3 is 2.00 bits per heavy atom. The van der Waals surface area contributed by atoms with Crippen molar-refractivity contribution >= 4 is 5.84 Å². The quantitative estimate of drug-likeness (QED) is 0.468. The van der Waals surface area contributed by atoms with Crippen molar-refractivity contribution in [3.63, 3.8) is 0 Å². The minimum absolute atomic E-state index is 0.0526. The Morgan fingerprint density at radius 1 is 0.955 bits per heavy atom. The molecular weight excluding hydrogens is 268 g/mol. The minimum atomic E-state index is 0.0526. The Labute approximate surface area is 139 Å². The molecule has 0 aliphatic carbocycles. The summed E-state index contributed by atoms with van der Waals surface area (Å²) in [6.07, 6.45) is 12.5. The fraction of sp³-hybridized carbons (Fsp3) is 0.950. The number of hydrogen-bond donors (Lipinski definition) is 1. The van der Waals surface area contributed by atoms with Crippen molar-refractivity contribution in [2.75, 3.05) is 0 Å². The third-order valence-electron chi connectivity index (χ3n) is 5.10. The summed E-state index contributed by atoms with van der Waals surface area (Å²) in [5.41, 5.74) is 0.0526. The van der Waals surface area contributed by atoms with E-state index < -0.39 is 0 Å². The van der Waals surface area contributed by atoms with Crippen LogP contribution in [0.5, 0.6) is 0 Å². The predicted molar refractivity (Wildman–Crippen MR) is 99.7 cm³/mol. The average molecular weight is 309 g/mol. The molecule has 0 saturated heterocycles. The van der Waals surface area contributed by atoms with Crippen LogP contribution in [0, 0.1) is 11.8 Å². The summed E-state index contributed by atoms with van der Waals surface area (Å²) in [6, 6.07) is 0.489. The van der Waals surface area contributed by atoms with E-state index in [1.165, 1.54) is 63.6 Å². The van der Waals surface area contributed by atoms with Gasteiger partial charge in [0.2, 0.25) is 0 Å². The van der Waals surface area contributed by atoms with Gasteiger partial charge in [0.15, 0.2) is 0 Å². The monoisotopic (exact) mass is 308 g/mol. The van der Waals surface area contributed by atoms with Crippen LogP contribution >= 0.6 is 0 Å². The van der Waals surface area contributed by atoms with Crippen LogP contribution in [-0.2, 0) is 0 Å². The second-order valence-corrected chi connectivity index (χ2v) is 8.18. The van der Waals surface area contributed by atoms with Crippen LogP contribution in [0.15, 0.2) is 4.99 Å². The molecule has 0 aromatic rings. The zero-order valence-electron chi connectivity index (χ0n) is 16.0. The molecule has 2 heteroatoms. The first-order chi connectivity index (χ1) is 10.4. The molecule has 22 heavy (non-hydrogen) atoms. The highest BCUT2D eigenvalue weighted by atomic mass is 15.2. The molecule has 2 atom stereocenters. The van der Waals surface area contributed by atoms with E-state index in [2.05, 4.69) is 46.9 Å². The fourth-order valence-corrected chi connectivity index (χ4v) is 3.70. The molecule has 0 saturated carbocycles. The molecule has 0 spiro atoms. The molecule has 0 aromatic carbocycles. The molecule has 0 aromatic heterocycles. The Balaban J connectivity index is 2.19. The maximum Gasteiger partial charge on any atom is 0.100 e. The van der Waals surface area contributed by atoms with Gasteiger partial charge in [-0.3, -0.25) is 4.99 Å². The van der Waals surface area contributed by atoms with Gasteiger partial charge in [0.05, 0.1) is 11.6 Å². The van der Waals surface area contributed by atoms with Gasteiger partial charge in [-0.05, 0) is 26.2 Å². The van der Waals surface area contributed by atoms with Crippen LogP contribution in [0.4, 0.5) is 0 Å². The largest absolute Gasteiger partial charge is 0.368 e. The Kier molecular flexibility index (Phi) is 8.49. The summed E-state index contributed by atoms with van der Waals surface area (Å²) in [7, 11) is 0. The van der Waals surface area contributed by atoms with E-state index in [9.17, 15) is 0 Å². The molecule has 0 bridgehead atoms. The number of rotatable bonds is 11. The molecule has 1 aliphatic heterocycles. The van der Waals surface area contributed by atoms with Crippen LogP contribution in [0.3, 0.4) is 0 Å². The van der Waals surface area contributed by atoms with E-state index in [1.54, 1.807) is 0 Å². The molecule has 2 unspecified atom stereocenters. The van der Waals surface area contributed by atoms with Gasteiger partial charge < -0.3 is 5.32 Å². The fourth-order valence-electron chi connectivity index (χ4n) is 3.70. The Morgan fingerprint density at radius 2 is 1.50 bits per heavy atom. The molecule has 0 fully saturated rings. The summed E-state index contributed by atoms with van der Waals surface area (Å²) >= 11 is 0. The smallest absolute Gasteiger partial charge is 0.100 e. The van der Waals surface area contributed by atoms with Crippen molar-refractivity contribution in [2.45, 2.75) is 111 Å². The first-order valence-electron chi connectivity index (χ1n) is 9.74. The van der Waals surface area contributed by atoms with E-state index >= 15 is 0 Å². The van der Waals surface area contributed by atoms with Crippen molar-refractivity contribution < 1.29 is 0 Å². The number of nitrogens with one attached hydrogen (secondary N) is 1. The molecule has 0 radical (unpaired) electrons. The van der Waals surface area contributed by atoms with Gasteiger partial charge >= 0.3 is 0 Å². The molecular formula is C20H40N2. The van der Waals surface area contributed by atoms with Gasteiger partial charge in [0.25, 0.3) is 0 Å². The Bertz CT molecular complexity index is 331. The van der Waals surface area contributed by atoms with Crippen molar-refractivity contribution in [1.29, 1.82) is 0 Å². The van der Waals surface area contributed by atoms with Gasteiger partial charge in [0.1, 0.15) is 5.84 Å². The number of unbranched alkanes of at least 4 members (excludes halogenated alkanes) is 7. The predicted octanol–water partition coefficient (Wildman–Crippen LogP) is 5.96. The van der Waals surface area contributed by atoms with E-state index in [1.807, 2.05) is 0 Å². The van der Waals surface area contributed by atoms with Gasteiger partial charge in [-0.25, -0.2) is 0 Å². The number of nitrogens with zero attached hydrogens (tertiary/aromatic N) is 1. The average Bonchev–Trinajstić information content (AvgIpc) is 2.77. The lowest BCUT2D eigenvalue weighted by molar-refractivity contribution is 0.332. The number of amidine groups is 1. The number of aliphatic imine (C=N–C) groups is 1. The normalized spacial score (nSPS) is 21.8. The third-order valence-corrected chi connectivity index (χ3v) is 5.10. The maximum atomic E-state index is 4.98. The lowest BCUT2D eigenvalue weighted by Crippen LogP contribution is -2.45. The molecule has 0 amide bonds. The highest BCUT2D eigenvalue weighted by Crippen LogP contribution is 2.28. The molecule has 1 rings (SSSR count). The lowest BCUT2D eigenvalue weighted by Gasteiger charge is -2.28. The van der Waals surface area contributed by atoms with Crippen molar-refractivity contribution in [2.24, 2.45) is 16.8 Å². The topological polar surface area (TPSA) is 24.4 Å². The van der Waals surface area contributed by atoms with Crippen molar-refractivity contribution in [3.8, 4) is 0 Å². The summed E-state index contributed by atoms with van der Waals surface area (Å²) < 4.78 is 0. The van der Waals surface area contributed by atoms with E-state index in [-0.39, 0.29) is 5.54 Å². The van der Waals surface area contributed by atoms with Crippen LogP contribution in [-0.4, -0.2) is 17.4 Å². The molecule has 1 heterocycles. The molecule has 130 valence electrons. The Hall–Kier alpha value is -0.530. The zero-order chi connectivity index (χ0) is 16.6. The third kappa shape index (κ3) is 6.30. The first-order valence-corrected chi connectivity index (χ1v) is 9.74. The van der Waals surface area contributed by atoms with Gasteiger partial charge in [0, 0.05) is 5.92 Å². The lowest BCUT2D eigenvalue weighted by atomic mass is 9.88. The van der Waals surface area contributed by atoms with E-state index in [4.69, 9.17) is 4.99 Å². The second kappa shape index (κ2) is 9.57. The minimum Gasteiger partial charge on any atom is -0.368 e.